The molecule has 1 unspecified atom stereocenters. The maximum absolute atomic E-state index is 12.3. The second-order valence-corrected chi connectivity index (χ2v) is 7.06. The first kappa shape index (κ1) is 16.2. The first-order chi connectivity index (χ1) is 8.51. The monoisotopic (exact) mass is 295 g/mol. The summed E-state index contributed by atoms with van der Waals surface area (Å²) in [4.78, 5) is 6.53. The van der Waals surface area contributed by atoms with E-state index in [1.165, 1.54) is 0 Å². The fraction of sp³-hybridized carbons (Fsp3) is 0.636. The predicted molar refractivity (Wildman–Crippen MR) is 66.5 cm³/mol. The zero-order valence-electron chi connectivity index (χ0n) is 11.1. The van der Waals surface area contributed by atoms with Crippen LogP contribution >= 0.6 is 0 Å². The fourth-order valence-corrected chi connectivity index (χ4v) is 1.92. The average Bonchev–Trinajstić information content (AvgIpc) is 2.26. The molecule has 0 aromatic carbocycles. The molecule has 1 N–H and O–H groups in total. The van der Waals surface area contributed by atoms with Crippen LogP contribution in [0, 0.1) is 0 Å². The number of alkyl halides is 3. The Labute approximate surface area is 113 Å². The van der Waals surface area contributed by atoms with Gasteiger partial charge in [0.25, 0.3) is 0 Å². The molecular weight excluding hydrogens is 279 g/mol. The van der Waals surface area contributed by atoms with Gasteiger partial charge in [-0.15, -0.1) is 4.72 Å². The number of rotatable bonds is 3. The van der Waals surface area contributed by atoms with Crippen molar-refractivity contribution in [3.8, 4) is 0 Å². The van der Waals surface area contributed by atoms with Gasteiger partial charge in [0.15, 0.2) is 0 Å². The van der Waals surface area contributed by atoms with Crippen LogP contribution < -0.4 is 4.72 Å². The first-order valence-corrected chi connectivity index (χ1v) is 6.74. The van der Waals surface area contributed by atoms with Crippen LogP contribution in [0.5, 0.6) is 0 Å². The standard InChI is InChI=1S/C11H16F3N3OS/c1-7(17-19(18)10(2,3)4)8-5-15-9(16-6-8)11(12,13)14/h5-7,17H,1-4H3/t7?,19-/m1/s1. The average molecular weight is 295 g/mol. The van der Waals surface area contributed by atoms with Crippen molar-refractivity contribution in [2.45, 2.75) is 44.7 Å². The van der Waals surface area contributed by atoms with Crippen molar-refractivity contribution in [1.82, 2.24) is 14.7 Å². The van der Waals surface area contributed by atoms with Gasteiger partial charge in [-0.3, -0.25) is 0 Å². The van der Waals surface area contributed by atoms with Crippen LogP contribution in [0.3, 0.4) is 0 Å². The quantitative estimate of drug-likeness (QED) is 0.871. The molecule has 0 spiro atoms. The molecule has 4 nitrogen and oxygen atoms in total. The Hall–Kier alpha value is -0.860. The molecule has 2 atom stereocenters. The van der Waals surface area contributed by atoms with E-state index in [1.54, 1.807) is 27.7 Å². The van der Waals surface area contributed by atoms with Crippen LogP contribution in [0.15, 0.2) is 12.4 Å². The second kappa shape index (κ2) is 5.64. The molecule has 1 aromatic rings. The summed E-state index contributed by atoms with van der Waals surface area (Å²) in [5, 5.41) is 0. The molecular formula is C11H16F3N3OS. The van der Waals surface area contributed by atoms with E-state index >= 15 is 0 Å². The summed E-state index contributed by atoms with van der Waals surface area (Å²) in [6, 6.07) is -0.401. The number of hydrogen-bond donors (Lipinski definition) is 1. The molecule has 1 rings (SSSR count). The molecule has 0 amide bonds. The van der Waals surface area contributed by atoms with Gasteiger partial charge < -0.3 is 4.55 Å². The molecule has 0 fully saturated rings. The lowest BCUT2D eigenvalue weighted by atomic mass is 10.2. The van der Waals surface area contributed by atoms with E-state index in [2.05, 4.69) is 14.7 Å². The third kappa shape index (κ3) is 4.63. The van der Waals surface area contributed by atoms with Crippen molar-refractivity contribution in [3.05, 3.63) is 23.8 Å². The third-order valence-electron chi connectivity index (χ3n) is 2.27. The van der Waals surface area contributed by atoms with Gasteiger partial charge in [-0.1, -0.05) is 0 Å². The Bertz CT molecular complexity index is 417. The summed E-state index contributed by atoms with van der Waals surface area (Å²) < 4.78 is 51.1. The summed E-state index contributed by atoms with van der Waals surface area (Å²) in [7, 11) is 0. The van der Waals surface area contributed by atoms with Crippen LogP contribution in [-0.2, 0) is 17.5 Å². The summed E-state index contributed by atoms with van der Waals surface area (Å²) in [5.41, 5.74) is 0.450. The lowest BCUT2D eigenvalue weighted by Gasteiger charge is -2.26. The maximum atomic E-state index is 12.3. The molecule has 19 heavy (non-hydrogen) atoms. The van der Waals surface area contributed by atoms with Gasteiger partial charge in [-0.2, -0.15) is 13.2 Å². The van der Waals surface area contributed by atoms with Gasteiger partial charge >= 0.3 is 6.18 Å². The molecule has 0 bridgehead atoms. The number of halogens is 3. The molecule has 8 heteroatoms. The molecule has 0 saturated carbocycles. The molecule has 1 heterocycles. The van der Waals surface area contributed by atoms with Crippen LogP contribution in [0.25, 0.3) is 0 Å². The Kier molecular flexibility index (Phi) is 4.81. The van der Waals surface area contributed by atoms with Crippen molar-refractivity contribution in [2.75, 3.05) is 0 Å². The number of hydrogen-bond acceptors (Lipinski definition) is 4. The highest BCUT2D eigenvalue weighted by atomic mass is 32.2. The van der Waals surface area contributed by atoms with Gasteiger partial charge in [-0.05, 0) is 27.7 Å². The number of nitrogens with zero attached hydrogens (tertiary/aromatic N) is 2. The van der Waals surface area contributed by atoms with E-state index in [0.717, 1.165) is 12.4 Å². The molecule has 108 valence electrons. The third-order valence-corrected chi connectivity index (χ3v) is 3.95. The van der Waals surface area contributed by atoms with E-state index in [9.17, 15) is 17.7 Å². The van der Waals surface area contributed by atoms with Crippen molar-refractivity contribution in [3.63, 3.8) is 0 Å². The van der Waals surface area contributed by atoms with E-state index in [-0.39, 0.29) is 0 Å². The van der Waals surface area contributed by atoms with Crippen LogP contribution in [0.2, 0.25) is 0 Å². The van der Waals surface area contributed by atoms with Crippen LogP contribution in [0.1, 0.15) is 45.1 Å². The van der Waals surface area contributed by atoms with Crippen molar-refractivity contribution in [1.29, 1.82) is 0 Å². The first-order valence-electron chi connectivity index (χ1n) is 5.59. The van der Waals surface area contributed by atoms with Crippen molar-refractivity contribution < 1.29 is 17.7 Å². The molecule has 0 saturated heterocycles. The minimum atomic E-state index is -4.55. The smallest absolute Gasteiger partial charge is 0.451 e. The summed E-state index contributed by atoms with van der Waals surface area (Å²) in [6.45, 7) is 7.08. The molecule has 0 aliphatic rings. The highest BCUT2D eigenvalue weighted by Crippen LogP contribution is 2.26. The van der Waals surface area contributed by atoms with E-state index < -0.39 is 34.2 Å². The normalized spacial score (nSPS) is 16.2. The van der Waals surface area contributed by atoms with Gasteiger partial charge in [-0.25, -0.2) is 9.97 Å². The predicted octanol–water partition coefficient (Wildman–Crippen LogP) is 2.61. The highest BCUT2D eigenvalue weighted by Gasteiger charge is 2.34. The lowest BCUT2D eigenvalue weighted by molar-refractivity contribution is -0.145. The van der Waals surface area contributed by atoms with Crippen LogP contribution in [-0.4, -0.2) is 19.3 Å². The zero-order valence-corrected chi connectivity index (χ0v) is 11.9. The minimum Gasteiger partial charge on any atom is -0.598 e. The largest absolute Gasteiger partial charge is 0.598 e. The van der Waals surface area contributed by atoms with Gasteiger partial charge in [0.05, 0.1) is 6.04 Å². The van der Waals surface area contributed by atoms with Gasteiger partial charge in [0.2, 0.25) is 5.82 Å². The summed E-state index contributed by atoms with van der Waals surface area (Å²) >= 11 is -1.32. The van der Waals surface area contributed by atoms with Gasteiger partial charge in [0.1, 0.15) is 4.75 Å². The number of nitrogens with one attached hydrogen (secondary N) is 1. The molecule has 0 aliphatic carbocycles. The van der Waals surface area contributed by atoms with Crippen LogP contribution in [0.4, 0.5) is 13.2 Å². The SMILES string of the molecule is CC(N[S@+]([O-])C(C)(C)C)c1cnc(C(F)(F)F)nc1. The van der Waals surface area contributed by atoms with E-state index in [4.69, 9.17) is 0 Å². The second-order valence-electron chi connectivity index (χ2n) is 5.06. The number of aromatic nitrogens is 2. The van der Waals surface area contributed by atoms with Gasteiger partial charge in [0, 0.05) is 29.3 Å². The Morgan fingerprint density at radius 2 is 1.68 bits per heavy atom. The van der Waals surface area contributed by atoms with E-state index in [0.29, 0.717) is 5.56 Å². The molecule has 0 aliphatic heterocycles. The van der Waals surface area contributed by atoms with Crippen molar-refractivity contribution >= 4 is 11.4 Å². The molecule has 1 aromatic heterocycles. The fourth-order valence-electron chi connectivity index (χ4n) is 1.11. The topological polar surface area (TPSA) is 60.9 Å². The maximum Gasteiger partial charge on any atom is 0.451 e. The Balaban J connectivity index is 2.76. The highest BCUT2D eigenvalue weighted by molar-refractivity contribution is 7.90. The Morgan fingerprint density at radius 1 is 1.21 bits per heavy atom. The minimum absolute atomic E-state index is 0.401. The Morgan fingerprint density at radius 3 is 2.05 bits per heavy atom. The lowest BCUT2D eigenvalue weighted by Crippen LogP contribution is -2.40. The van der Waals surface area contributed by atoms with E-state index in [1.807, 2.05) is 0 Å². The summed E-state index contributed by atoms with van der Waals surface area (Å²) in [6.07, 6.45) is -2.37. The zero-order chi connectivity index (χ0) is 14.8. The molecule has 0 radical (unpaired) electrons. The summed E-state index contributed by atoms with van der Waals surface area (Å²) in [5.74, 6) is -1.18. The van der Waals surface area contributed by atoms with Crippen molar-refractivity contribution in [2.24, 2.45) is 0 Å².